The zero-order valence-electron chi connectivity index (χ0n) is 17.1. The van der Waals surface area contributed by atoms with E-state index in [4.69, 9.17) is 4.74 Å². The fraction of sp³-hybridized carbons (Fsp3) is 0.417. The standard InChI is InChI=1S/C24H27FN2O3/c25-21-9-4-8-20(18-21)24(10-16-30-17-11-24)23(29)27-13-5-12-26(14-15-27)22(28)19-6-2-1-3-7-19/h1-4,6-9,18H,5,10-17H2. The number of ether oxygens (including phenoxy) is 1. The Morgan fingerprint density at radius 3 is 2.30 bits per heavy atom. The Bertz CT molecular complexity index is 896. The van der Waals surface area contributed by atoms with Crippen LogP contribution in [0.25, 0.3) is 0 Å². The molecule has 2 heterocycles. The maximum absolute atomic E-state index is 14.0. The molecule has 0 aliphatic carbocycles. The highest BCUT2D eigenvalue weighted by Crippen LogP contribution is 2.37. The molecule has 4 rings (SSSR count). The van der Waals surface area contributed by atoms with Crippen molar-refractivity contribution < 1.29 is 18.7 Å². The van der Waals surface area contributed by atoms with Crippen molar-refractivity contribution in [3.63, 3.8) is 0 Å². The SMILES string of the molecule is O=C(c1ccccc1)N1CCCN(C(=O)C2(c3cccc(F)c3)CCOCC2)CC1. The monoisotopic (exact) mass is 410 g/mol. The molecule has 2 saturated heterocycles. The fourth-order valence-electron chi connectivity index (χ4n) is 4.52. The van der Waals surface area contributed by atoms with Crippen molar-refractivity contribution in [2.75, 3.05) is 39.4 Å². The van der Waals surface area contributed by atoms with Gasteiger partial charge in [0.05, 0.1) is 5.41 Å². The highest BCUT2D eigenvalue weighted by Gasteiger charge is 2.44. The Labute approximate surface area is 176 Å². The van der Waals surface area contributed by atoms with Gasteiger partial charge < -0.3 is 14.5 Å². The van der Waals surface area contributed by atoms with Gasteiger partial charge in [-0.05, 0) is 49.1 Å². The third-order valence-electron chi connectivity index (χ3n) is 6.22. The lowest BCUT2D eigenvalue weighted by atomic mass is 9.73. The van der Waals surface area contributed by atoms with Crippen LogP contribution in [-0.4, -0.2) is 61.0 Å². The minimum absolute atomic E-state index is 0.00388. The van der Waals surface area contributed by atoms with Gasteiger partial charge in [-0.25, -0.2) is 4.39 Å². The molecule has 0 atom stereocenters. The van der Waals surface area contributed by atoms with E-state index in [0.717, 1.165) is 12.0 Å². The lowest BCUT2D eigenvalue weighted by molar-refractivity contribution is -0.141. The van der Waals surface area contributed by atoms with Gasteiger partial charge in [0.15, 0.2) is 0 Å². The van der Waals surface area contributed by atoms with E-state index in [0.29, 0.717) is 57.8 Å². The van der Waals surface area contributed by atoms with Gasteiger partial charge in [0.2, 0.25) is 5.91 Å². The second kappa shape index (κ2) is 8.96. The van der Waals surface area contributed by atoms with Gasteiger partial charge >= 0.3 is 0 Å². The lowest BCUT2D eigenvalue weighted by Gasteiger charge is -2.40. The van der Waals surface area contributed by atoms with Crippen molar-refractivity contribution in [1.82, 2.24) is 9.80 Å². The van der Waals surface area contributed by atoms with E-state index >= 15 is 0 Å². The van der Waals surface area contributed by atoms with Crippen LogP contribution >= 0.6 is 0 Å². The van der Waals surface area contributed by atoms with Crippen LogP contribution < -0.4 is 0 Å². The van der Waals surface area contributed by atoms with E-state index in [1.54, 1.807) is 6.07 Å². The molecule has 2 amide bonds. The highest BCUT2D eigenvalue weighted by molar-refractivity contribution is 5.94. The van der Waals surface area contributed by atoms with Crippen molar-refractivity contribution in [3.05, 3.63) is 71.5 Å². The number of carbonyl (C=O) groups excluding carboxylic acids is 2. The third kappa shape index (κ3) is 4.10. The number of halogens is 1. The Hall–Kier alpha value is -2.73. The topological polar surface area (TPSA) is 49.9 Å². The Morgan fingerprint density at radius 2 is 1.57 bits per heavy atom. The summed E-state index contributed by atoms with van der Waals surface area (Å²) >= 11 is 0. The summed E-state index contributed by atoms with van der Waals surface area (Å²) in [7, 11) is 0. The molecule has 0 N–H and O–H groups in total. The van der Waals surface area contributed by atoms with E-state index in [1.165, 1.54) is 12.1 Å². The molecular weight excluding hydrogens is 383 g/mol. The van der Waals surface area contributed by atoms with Gasteiger partial charge in [-0.3, -0.25) is 9.59 Å². The van der Waals surface area contributed by atoms with Crippen LogP contribution in [0.5, 0.6) is 0 Å². The number of hydrogen-bond donors (Lipinski definition) is 0. The molecule has 30 heavy (non-hydrogen) atoms. The van der Waals surface area contributed by atoms with E-state index in [9.17, 15) is 14.0 Å². The second-order valence-corrected chi connectivity index (χ2v) is 8.01. The zero-order chi connectivity index (χ0) is 21.0. The summed E-state index contributed by atoms with van der Waals surface area (Å²) in [6, 6.07) is 15.6. The molecule has 0 bridgehead atoms. The molecule has 2 aromatic carbocycles. The number of carbonyl (C=O) groups is 2. The van der Waals surface area contributed by atoms with Crippen LogP contribution in [-0.2, 0) is 14.9 Å². The first kappa shape index (κ1) is 20.5. The lowest BCUT2D eigenvalue weighted by Crippen LogP contribution is -2.51. The summed E-state index contributed by atoms with van der Waals surface area (Å²) in [4.78, 5) is 30.2. The summed E-state index contributed by atoms with van der Waals surface area (Å²) in [6.07, 6.45) is 1.80. The summed E-state index contributed by atoms with van der Waals surface area (Å²) in [5, 5.41) is 0. The molecule has 6 heteroatoms. The van der Waals surface area contributed by atoms with Crippen molar-refractivity contribution in [3.8, 4) is 0 Å². The van der Waals surface area contributed by atoms with Crippen LogP contribution in [0.1, 0.15) is 35.2 Å². The van der Waals surface area contributed by atoms with Crippen molar-refractivity contribution in [2.24, 2.45) is 0 Å². The number of hydrogen-bond acceptors (Lipinski definition) is 3. The molecule has 2 aromatic rings. The summed E-state index contributed by atoms with van der Waals surface area (Å²) in [5.41, 5.74) is 0.620. The van der Waals surface area contributed by atoms with E-state index in [1.807, 2.05) is 46.2 Å². The smallest absolute Gasteiger partial charge is 0.253 e. The summed E-state index contributed by atoms with van der Waals surface area (Å²) < 4.78 is 19.5. The molecule has 2 aliphatic rings. The number of amides is 2. The molecule has 0 saturated carbocycles. The third-order valence-corrected chi connectivity index (χ3v) is 6.22. The van der Waals surface area contributed by atoms with E-state index in [2.05, 4.69) is 0 Å². The van der Waals surface area contributed by atoms with Crippen molar-refractivity contribution in [2.45, 2.75) is 24.7 Å². The second-order valence-electron chi connectivity index (χ2n) is 8.01. The first-order valence-electron chi connectivity index (χ1n) is 10.6. The van der Waals surface area contributed by atoms with Gasteiger partial charge in [0, 0.05) is 45.0 Å². The molecule has 2 fully saturated rings. The van der Waals surface area contributed by atoms with Gasteiger partial charge in [-0.1, -0.05) is 30.3 Å². The minimum atomic E-state index is -0.765. The normalized spacial score (nSPS) is 19.2. The molecule has 2 aliphatic heterocycles. The Morgan fingerprint density at radius 1 is 0.867 bits per heavy atom. The van der Waals surface area contributed by atoms with Crippen LogP contribution in [0.15, 0.2) is 54.6 Å². The van der Waals surface area contributed by atoms with Crippen LogP contribution in [0.4, 0.5) is 4.39 Å². The van der Waals surface area contributed by atoms with Gasteiger partial charge in [-0.2, -0.15) is 0 Å². The molecule has 0 aromatic heterocycles. The predicted molar refractivity (Wildman–Crippen MR) is 112 cm³/mol. The van der Waals surface area contributed by atoms with E-state index < -0.39 is 5.41 Å². The number of rotatable bonds is 3. The van der Waals surface area contributed by atoms with Gasteiger partial charge in [0.1, 0.15) is 5.82 Å². The molecule has 0 spiro atoms. The predicted octanol–water partition coefficient (Wildman–Crippen LogP) is 3.25. The quantitative estimate of drug-likeness (QED) is 0.781. The summed E-state index contributed by atoms with van der Waals surface area (Å²) in [5.74, 6) is -0.317. The zero-order valence-corrected chi connectivity index (χ0v) is 17.1. The molecular formula is C24H27FN2O3. The van der Waals surface area contributed by atoms with Crippen LogP contribution in [0.3, 0.4) is 0 Å². The van der Waals surface area contributed by atoms with Crippen molar-refractivity contribution in [1.29, 1.82) is 0 Å². The highest BCUT2D eigenvalue weighted by atomic mass is 19.1. The first-order valence-corrected chi connectivity index (χ1v) is 10.6. The van der Waals surface area contributed by atoms with Gasteiger partial charge in [-0.15, -0.1) is 0 Å². The summed E-state index contributed by atoms with van der Waals surface area (Å²) in [6.45, 7) is 3.15. The molecule has 5 nitrogen and oxygen atoms in total. The average molecular weight is 410 g/mol. The Balaban J connectivity index is 1.52. The fourth-order valence-corrected chi connectivity index (χ4v) is 4.52. The average Bonchev–Trinajstić information content (AvgIpc) is 3.05. The maximum Gasteiger partial charge on any atom is 0.253 e. The molecule has 158 valence electrons. The minimum Gasteiger partial charge on any atom is -0.381 e. The molecule has 0 radical (unpaired) electrons. The van der Waals surface area contributed by atoms with Crippen LogP contribution in [0.2, 0.25) is 0 Å². The number of nitrogens with zero attached hydrogens (tertiary/aromatic N) is 2. The largest absolute Gasteiger partial charge is 0.381 e. The van der Waals surface area contributed by atoms with Crippen molar-refractivity contribution >= 4 is 11.8 Å². The van der Waals surface area contributed by atoms with Gasteiger partial charge in [0.25, 0.3) is 5.91 Å². The molecule has 0 unspecified atom stereocenters. The first-order chi connectivity index (χ1) is 14.6. The van der Waals surface area contributed by atoms with E-state index in [-0.39, 0.29) is 17.6 Å². The number of benzene rings is 2. The Kier molecular flexibility index (Phi) is 6.13. The van der Waals surface area contributed by atoms with Crippen LogP contribution in [0, 0.1) is 5.82 Å². The maximum atomic E-state index is 14.0.